The molecule has 0 unspecified atom stereocenters. The Kier molecular flexibility index (Phi) is 3.84. The summed E-state index contributed by atoms with van der Waals surface area (Å²) in [6.07, 6.45) is 0. The SMILES string of the molecule is O=c1sc2ccccc2n1CSCn1c(=O)sc2ccccc21. The van der Waals surface area contributed by atoms with Crippen LogP contribution in [0.5, 0.6) is 0 Å². The number of hydrogen-bond donors (Lipinski definition) is 0. The highest BCUT2D eigenvalue weighted by Crippen LogP contribution is 2.21. The Morgan fingerprint density at radius 2 is 1.17 bits per heavy atom. The van der Waals surface area contributed by atoms with E-state index in [1.54, 1.807) is 20.9 Å². The minimum atomic E-state index is 0.0428. The van der Waals surface area contributed by atoms with Gasteiger partial charge in [0.2, 0.25) is 0 Å². The van der Waals surface area contributed by atoms with E-state index in [-0.39, 0.29) is 9.75 Å². The summed E-state index contributed by atoms with van der Waals surface area (Å²) in [7, 11) is 0. The van der Waals surface area contributed by atoms with Gasteiger partial charge in [-0.05, 0) is 24.3 Å². The van der Waals surface area contributed by atoms with Crippen LogP contribution in [0, 0.1) is 0 Å². The van der Waals surface area contributed by atoms with E-state index in [0.717, 1.165) is 20.4 Å². The zero-order valence-electron chi connectivity index (χ0n) is 12.0. The number of thioether (sulfide) groups is 1. The van der Waals surface area contributed by atoms with Crippen molar-refractivity contribution in [2.24, 2.45) is 0 Å². The number of benzene rings is 2. The molecule has 2 aromatic heterocycles. The van der Waals surface area contributed by atoms with Gasteiger partial charge in [-0.3, -0.25) is 18.7 Å². The van der Waals surface area contributed by atoms with Gasteiger partial charge in [-0.25, -0.2) is 0 Å². The number of thiazole rings is 2. The molecule has 0 aliphatic heterocycles. The van der Waals surface area contributed by atoms with E-state index in [1.807, 2.05) is 48.5 Å². The zero-order valence-corrected chi connectivity index (χ0v) is 14.4. The van der Waals surface area contributed by atoms with Gasteiger partial charge in [-0.2, -0.15) is 0 Å². The predicted molar refractivity (Wildman–Crippen MR) is 99.8 cm³/mol. The standard InChI is InChI=1S/C16H12N2O2S3/c19-15-17(11-5-1-3-7-13(11)22-15)9-21-10-18-12-6-2-4-8-14(12)23-16(18)20/h1-8H,9-10H2. The third-order valence-corrected chi connectivity index (χ3v) is 6.39. The van der Waals surface area contributed by atoms with Gasteiger partial charge in [-0.1, -0.05) is 46.9 Å². The Labute approximate surface area is 143 Å². The molecule has 0 fully saturated rings. The topological polar surface area (TPSA) is 44.0 Å². The Morgan fingerprint density at radius 1 is 0.739 bits per heavy atom. The molecule has 0 saturated carbocycles. The monoisotopic (exact) mass is 360 g/mol. The van der Waals surface area contributed by atoms with E-state index in [0.29, 0.717) is 11.8 Å². The van der Waals surface area contributed by atoms with Crippen LogP contribution in [-0.2, 0) is 11.8 Å². The molecule has 0 N–H and O–H groups in total. The van der Waals surface area contributed by atoms with Crippen molar-refractivity contribution in [1.29, 1.82) is 0 Å². The first-order chi connectivity index (χ1) is 11.2. The van der Waals surface area contributed by atoms with Crippen molar-refractivity contribution >= 4 is 54.9 Å². The van der Waals surface area contributed by atoms with E-state index < -0.39 is 0 Å². The summed E-state index contributed by atoms with van der Waals surface area (Å²) >= 11 is 4.09. The maximum Gasteiger partial charge on any atom is 0.308 e. The van der Waals surface area contributed by atoms with Crippen LogP contribution in [0.15, 0.2) is 58.1 Å². The van der Waals surface area contributed by atoms with Gasteiger partial charge in [0.15, 0.2) is 0 Å². The summed E-state index contributed by atoms with van der Waals surface area (Å²) in [5.41, 5.74) is 1.91. The normalized spacial score (nSPS) is 11.5. The fraction of sp³-hybridized carbons (Fsp3) is 0.125. The quantitative estimate of drug-likeness (QED) is 0.556. The molecule has 4 rings (SSSR count). The highest BCUT2D eigenvalue weighted by atomic mass is 32.2. The highest BCUT2D eigenvalue weighted by molar-refractivity contribution is 7.97. The number of rotatable bonds is 4. The molecule has 0 amide bonds. The van der Waals surface area contributed by atoms with Crippen LogP contribution in [0.25, 0.3) is 20.4 Å². The van der Waals surface area contributed by atoms with Crippen molar-refractivity contribution in [1.82, 2.24) is 9.13 Å². The Hall–Kier alpha value is -1.83. The smallest absolute Gasteiger partial charge is 0.289 e. The second-order valence-corrected chi connectivity index (χ2v) is 7.90. The van der Waals surface area contributed by atoms with Gasteiger partial charge in [-0.15, -0.1) is 11.8 Å². The highest BCUT2D eigenvalue weighted by Gasteiger charge is 2.09. The van der Waals surface area contributed by atoms with Gasteiger partial charge in [0.1, 0.15) is 0 Å². The number of nitrogens with zero attached hydrogens (tertiary/aromatic N) is 2. The summed E-state index contributed by atoms with van der Waals surface area (Å²) in [6, 6.07) is 15.6. The second kappa shape index (κ2) is 5.99. The molecule has 2 heterocycles. The summed E-state index contributed by atoms with van der Waals surface area (Å²) < 4.78 is 5.53. The number of para-hydroxylation sites is 2. The molecule has 0 spiro atoms. The molecule has 116 valence electrons. The second-order valence-electron chi connectivity index (χ2n) is 4.99. The van der Waals surface area contributed by atoms with E-state index in [2.05, 4.69) is 0 Å². The summed E-state index contributed by atoms with van der Waals surface area (Å²) in [6.45, 7) is 0. The van der Waals surface area contributed by atoms with Crippen molar-refractivity contribution in [3.63, 3.8) is 0 Å². The van der Waals surface area contributed by atoms with E-state index >= 15 is 0 Å². The molecule has 4 nitrogen and oxygen atoms in total. The minimum Gasteiger partial charge on any atom is -0.289 e. The van der Waals surface area contributed by atoms with Crippen LogP contribution in [0.3, 0.4) is 0 Å². The molecular formula is C16H12N2O2S3. The molecule has 0 atom stereocenters. The molecule has 0 aliphatic carbocycles. The zero-order chi connectivity index (χ0) is 15.8. The molecule has 0 bridgehead atoms. The van der Waals surface area contributed by atoms with Crippen molar-refractivity contribution < 1.29 is 0 Å². The maximum atomic E-state index is 12.1. The number of fused-ring (bicyclic) bond motifs is 2. The lowest BCUT2D eigenvalue weighted by Gasteiger charge is -2.05. The van der Waals surface area contributed by atoms with Gasteiger partial charge in [0, 0.05) is 0 Å². The van der Waals surface area contributed by atoms with E-state index in [9.17, 15) is 9.59 Å². The van der Waals surface area contributed by atoms with E-state index in [4.69, 9.17) is 0 Å². The van der Waals surface area contributed by atoms with Crippen LogP contribution >= 0.6 is 34.4 Å². The first kappa shape index (κ1) is 14.7. The fourth-order valence-corrected chi connectivity index (χ4v) is 5.40. The average molecular weight is 360 g/mol. The average Bonchev–Trinajstić information content (AvgIpc) is 3.04. The molecule has 23 heavy (non-hydrogen) atoms. The molecule has 0 saturated heterocycles. The first-order valence-corrected chi connectivity index (χ1v) is 9.77. The Balaban J connectivity index is 1.60. The molecule has 0 aliphatic rings. The fourth-order valence-electron chi connectivity index (χ4n) is 2.50. The van der Waals surface area contributed by atoms with Crippen LogP contribution in [0.4, 0.5) is 0 Å². The minimum absolute atomic E-state index is 0.0428. The third-order valence-electron chi connectivity index (χ3n) is 3.59. The molecular weight excluding hydrogens is 348 g/mol. The van der Waals surface area contributed by atoms with Gasteiger partial charge >= 0.3 is 9.75 Å². The van der Waals surface area contributed by atoms with Crippen molar-refractivity contribution in [2.45, 2.75) is 11.8 Å². The summed E-state index contributed by atoms with van der Waals surface area (Å²) in [5.74, 6) is 1.08. The number of aromatic nitrogens is 2. The Morgan fingerprint density at radius 3 is 1.65 bits per heavy atom. The van der Waals surface area contributed by atoms with Crippen molar-refractivity contribution in [3.8, 4) is 0 Å². The summed E-state index contributed by atoms with van der Waals surface area (Å²) in [4.78, 5) is 24.3. The van der Waals surface area contributed by atoms with Crippen LogP contribution in [0.2, 0.25) is 0 Å². The Bertz CT molecular complexity index is 1020. The lowest BCUT2D eigenvalue weighted by molar-refractivity contribution is 0.876. The first-order valence-electron chi connectivity index (χ1n) is 6.98. The largest absolute Gasteiger partial charge is 0.308 e. The predicted octanol–water partition coefficient (Wildman–Crippen LogP) is 3.79. The third kappa shape index (κ3) is 2.65. The summed E-state index contributed by atoms with van der Waals surface area (Å²) in [5, 5.41) is 0. The van der Waals surface area contributed by atoms with Crippen LogP contribution in [-0.4, -0.2) is 9.13 Å². The van der Waals surface area contributed by atoms with Crippen LogP contribution < -0.4 is 9.75 Å². The maximum absolute atomic E-state index is 12.1. The molecule has 4 aromatic rings. The van der Waals surface area contributed by atoms with Gasteiger partial charge in [0.05, 0.1) is 32.2 Å². The molecule has 2 aromatic carbocycles. The van der Waals surface area contributed by atoms with E-state index in [1.165, 1.54) is 22.7 Å². The molecule has 7 heteroatoms. The lowest BCUT2D eigenvalue weighted by Crippen LogP contribution is -2.14. The van der Waals surface area contributed by atoms with Crippen LogP contribution in [0.1, 0.15) is 0 Å². The number of hydrogen-bond acceptors (Lipinski definition) is 5. The van der Waals surface area contributed by atoms with Crippen molar-refractivity contribution in [2.75, 3.05) is 0 Å². The van der Waals surface area contributed by atoms with Crippen molar-refractivity contribution in [3.05, 3.63) is 67.9 Å². The van der Waals surface area contributed by atoms with Gasteiger partial charge in [0.25, 0.3) is 0 Å². The lowest BCUT2D eigenvalue weighted by atomic mass is 10.3. The molecule has 0 radical (unpaired) electrons. The van der Waals surface area contributed by atoms with Gasteiger partial charge < -0.3 is 0 Å².